The number of hydrogen-bond acceptors (Lipinski definition) is 6. The molecule has 3 rings (SSSR count). The first kappa shape index (κ1) is 13.5. The van der Waals surface area contributed by atoms with Crippen molar-refractivity contribution < 1.29 is 14.3 Å². The first-order valence-corrected chi connectivity index (χ1v) is 7.15. The third-order valence-electron chi connectivity index (χ3n) is 3.97. The molecule has 1 amide bonds. The fourth-order valence-electron chi connectivity index (χ4n) is 2.54. The summed E-state index contributed by atoms with van der Waals surface area (Å²) in [6, 6.07) is 0.183. The van der Waals surface area contributed by atoms with E-state index in [0.717, 1.165) is 32.4 Å². The maximum Gasteiger partial charge on any atom is 0.322 e. The zero-order chi connectivity index (χ0) is 14.1. The second-order valence-corrected chi connectivity index (χ2v) is 5.79. The summed E-state index contributed by atoms with van der Waals surface area (Å²) in [5, 5.41) is 19.9. The molecule has 2 unspecified atom stereocenters. The average molecular weight is 280 g/mol. The standard InChI is InChI=1S/C13H20N4O3/c1-8(18)10-4-5-17(6-10)7-11(19)14-13-16-15-12(20-13)9-2-3-9/h8-10,18H,2-7H2,1H3,(H,14,16,19). The molecule has 1 aliphatic carbocycles. The van der Waals surface area contributed by atoms with E-state index in [2.05, 4.69) is 15.5 Å². The number of anilines is 1. The van der Waals surface area contributed by atoms with Crippen molar-refractivity contribution in [1.29, 1.82) is 0 Å². The van der Waals surface area contributed by atoms with Gasteiger partial charge in [0.15, 0.2) is 0 Å². The van der Waals surface area contributed by atoms with Gasteiger partial charge in [0.05, 0.1) is 12.6 Å². The number of hydrogen-bond donors (Lipinski definition) is 2. The molecule has 2 aliphatic rings. The lowest BCUT2D eigenvalue weighted by atomic mass is 10.0. The van der Waals surface area contributed by atoms with Gasteiger partial charge in [-0.25, -0.2) is 0 Å². The minimum atomic E-state index is -0.319. The Kier molecular flexibility index (Phi) is 3.71. The summed E-state index contributed by atoms with van der Waals surface area (Å²) < 4.78 is 5.39. The molecule has 1 aromatic rings. The molecule has 2 N–H and O–H groups in total. The van der Waals surface area contributed by atoms with E-state index in [0.29, 0.717) is 18.4 Å². The predicted octanol–water partition coefficient (Wildman–Crippen LogP) is 0.588. The van der Waals surface area contributed by atoms with Crippen LogP contribution in [0.1, 0.15) is 38.0 Å². The Morgan fingerprint density at radius 3 is 2.95 bits per heavy atom. The molecule has 1 saturated heterocycles. The van der Waals surface area contributed by atoms with Crippen LogP contribution in [0.2, 0.25) is 0 Å². The maximum atomic E-state index is 11.9. The number of aliphatic hydroxyl groups excluding tert-OH is 1. The van der Waals surface area contributed by atoms with Crippen LogP contribution in [-0.2, 0) is 4.79 Å². The van der Waals surface area contributed by atoms with Crippen molar-refractivity contribution in [2.45, 2.75) is 38.2 Å². The molecule has 1 saturated carbocycles. The number of amides is 1. The Hall–Kier alpha value is -1.47. The molecule has 2 fully saturated rings. The molecule has 2 heterocycles. The van der Waals surface area contributed by atoms with Gasteiger partial charge in [-0.2, -0.15) is 0 Å². The minimum Gasteiger partial charge on any atom is -0.408 e. The van der Waals surface area contributed by atoms with Gasteiger partial charge in [-0.05, 0) is 38.6 Å². The van der Waals surface area contributed by atoms with E-state index < -0.39 is 0 Å². The number of aliphatic hydroxyl groups is 1. The smallest absolute Gasteiger partial charge is 0.322 e. The Morgan fingerprint density at radius 2 is 2.30 bits per heavy atom. The van der Waals surface area contributed by atoms with Crippen LogP contribution in [0.3, 0.4) is 0 Å². The molecule has 0 spiro atoms. The summed E-state index contributed by atoms with van der Waals surface area (Å²) in [6.07, 6.45) is 2.78. The second-order valence-electron chi connectivity index (χ2n) is 5.79. The quantitative estimate of drug-likeness (QED) is 0.820. The number of carbonyl (C=O) groups excluding carboxylic acids is 1. The van der Waals surface area contributed by atoms with Crippen LogP contribution in [-0.4, -0.2) is 51.8 Å². The van der Waals surface area contributed by atoms with Gasteiger partial charge in [0.2, 0.25) is 11.8 Å². The Morgan fingerprint density at radius 1 is 1.50 bits per heavy atom. The van der Waals surface area contributed by atoms with E-state index in [4.69, 9.17) is 4.42 Å². The van der Waals surface area contributed by atoms with E-state index in [9.17, 15) is 9.90 Å². The number of likely N-dealkylation sites (tertiary alicyclic amines) is 1. The Bertz CT molecular complexity index is 484. The highest BCUT2D eigenvalue weighted by Gasteiger charge is 2.30. The van der Waals surface area contributed by atoms with Gasteiger partial charge < -0.3 is 9.52 Å². The van der Waals surface area contributed by atoms with E-state index in [-0.39, 0.29) is 23.9 Å². The van der Waals surface area contributed by atoms with Gasteiger partial charge in [-0.3, -0.25) is 15.0 Å². The van der Waals surface area contributed by atoms with Crippen molar-refractivity contribution in [3.63, 3.8) is 0 Å². The molecule has 2 atom stereocenters. The van der Waals surface area contributed by atoms with Gasteiger partial charge in [-0.15, -0.1) is 5.10 Å². The topological polar surface area (TPSA) is 91.5 Å². The normalized spacial score (nSPS) is 24.8. The molecule has 1 aliphatic heterocycles. The lowest BCUT2D eigenvalue weighted by molar-refractivity contribution is -0.117. The summed E-state index contributed by atoms with van der Waals surface area (Å²) in [4.78, 5) is 13.9. The summed E-state index contributed by atoms with van der Waals surface area (Å²) >= 11 is 0. The molecular formula is C13H20N4O3. The van der Waals surface area contributed by atoms with Gasteiger partial charge in [0.1, 0.15) is 0 Å². The third-order valence-corrected chi connectivity index (χ3v) is 3.97. The monoisotopic (exact) mass is 280 g/mol. The van der Waals surface area contributed by atoms with E-state index >= 15 is 0 Å². The molecule has 0 bridgehead atoms. The zero-order valence-electron chi connectivity index (χ0n) is 11.6. The highest BCUT2D eigenvalue weighted by atomic mass is 16.4. The first-order valence-electron chi connectivity index (χ1n) is 7.15. The SMILES string of the molecule is CC(O)C1CCN(CC(=O)Nc2nnc(C3CC3)o2)C1. The fourth-order valence-corrected chi connectivity index (χ4v) is 2.54. The zero-order valence-corrected chi connectivity index (χ0v) is 11.6. The number of nitrogens with zero attached hydrogens (tertiary/aromatic N) is 3. The van der Waals surface area contributed by atoms with Crippen molar-refractivity contribution >= 4 is 11.9 Å². The van der Waals surface area contributed by atoms with Crippen LogP contribution in [0, 0.1) is 5.92 Å². The van der Waals surface area contributed by atoms with Gasteiger partial charge in [-0.1, -0.05) is 5.10 Å². The van der Waals surface area contributed by atoms with Crippen LogP contribution >= 0.6 is 0 Å². The second kappa shape index (κ2) is 5.49. The summed E-state index contributed by atoms with van der Waals surface area (Å²) in [5.41, 5.74) is 0. The molecule has 7 nitrogen and oxygen atoms in total. The maximum absolute atomic E-state index is 11.9. The Balaban J connectivity index is 1.47. The minimum absolute atomic E-state index is 0.151. The molecule has 20 heavy (non-hydrogen) atoms. The van der Waals surface area contributed by atoms with Crippen LogP contribution < -0.4 is 5.32 Å². The number of rotatable bonds is 5. The van der Waals surface area contributed by atoms with Crippen LogP contribution in [0.4, 0.5) is 6.01 Å². The molecule has 110 valence electrons. The van der Waals surface area contributed by atoms with Crippen molar-refractivity contribution in [1.82, 2.24) is 15.1 Å². The molecule has 7 heteroatoms. The lowest BCUT2D eigenvalue weighted by Gasteiger charge is -2.16. The van der Waals surface area contributed by atoms with Crippen molar-refractivity contribution in [2.24, 2.45) is 5.92 Å². The van der Waals surface area contributed by atoms with E-state index in [1.54, 1.807) is 6.92 Å². The molecular weight excluding hydrogens is 260 g/mol. The molecule has 1 aromatic heterocycles. The Labute approximate surface area is 117 Å². The number of carbonyl (C=O) groups is 1. The van der Waals surface area contributed by atoms with Crippen molar-refractivity contribution in [2.75, 3.05) is 25.0 Å². The molecule has 0 aromatic carbocycles. The van der Waals surface area contributed by atoms with Crippen LogP contribution in [0.15, 0.2) is 4.42 Å². The highest BCUT2D eigenvalue weighted by molar-refractivity contribution is 5.90. The largest absolute Gasteiger partial charge is 0.408 e. The number of nitrogens with one attached hydrogen (secondary N) is 1. The van der Waals surface area contributed by atoms with Gasteiger partial charge >= 0.3 is 6.01 Å². The average Bonchev–Trinajstić information content (AvgIpc) is 2.96. The van der Waals surface area contributed by atoms with E-state index in [1.165, 1.54) is 0 Å². The lowest BCUT2D eigenvalue weighted by Crippen LogP contribution is -2.32. The third kappa shape index (κ3) is 3.16. The summed E-state index contributed by atoms with van der Waals surface area (Å²) in [7, 11) is 0. The summed E-state index contributed by atoms with van der Waals surface area (Å²) in [5.74, 6) is 1.11. The fraction of sp³-hybridized carbons (Fsp3) is 0.769. The van der Waals surface area contributed by atoms with Crippen LogP contribution in [0.5, 0.6) is 0 Å². The van der Waals surface area contributed by atoms with E-state index in [1.807, 2.05) is 4.90 Å². The van der Waals surface area contributed by atoms with Gasteiger partial charge in [0, 0.05) is 12.5 Å². The summed E-state index contributed by atoms with van der Waals surface area (Å²) in [6.45, 7) is 3.68. The van der Waals surface area contributed by atoms with Gasteiger partial charge in [0.25, 0.3) is 0 Å². The first-order chi connectivity index (χ1) is 9.61. The predicted molar refractivity (Wildman–Crippen MR) is 71.1 cm³/mol. The molecule has 0 radical (unpaired) electrons. The highest BCUT2D eigenvalue weighted by Crippen LogP contribution is 2.39. The van der Waals surface area contributed by atoms with Crippen molar-refractivity contribution in [3.8, 4) is 0 Å². The van der Waals surface area contributed by atoms with Crippen LogP contribution in [0.25, 0.3) is 0 Å². The number of aromatic nitrogens is 2. The van der Waals surface area contributed by atoms with Crippen molar-refractivity contribution in [3.05, 3.63) is 5.89 Å².